The second-order valence-electron chi connectivity index (χ2n) is 4.99. The maximum atomic E-state index is 12.7. The summed E-state index contributed by atoms with van der Waals surface area (Å²) >= 11 is 0. The lowest BCUT2D eigenvalue weighted by molar-refractivity contribution is 0.0938. The zero-order valence-electron chi connectivity index (χ0n) is 11.0. The summed E-state index contributed by atoms with van der Waals surface area (Å²) in [5.41, 5.74) is 1.54. The molecule has 1 N–H and O–H groups in total. The van der Waals surface area contributed by atoms with Crippen LogP contribution in [0.4, 0.5) is 0 Å². The number of amides is 1. The maximum Gasteiger partial charge on any atom is 0.288 e. The molecule has 1 aromatic heterocycles. The van der Waals surface area contributed by atoms with Crippen LogP contribution in [0.5, 0.6) is 0 Å². The van der Waals surface area contributed by atoms with E-state index in [2.05, 4.69) is 5.32 Å². The number of carbonyl (C=O) groups is 1. The second-order valence-corrected chi connectivity index (χ2v) is 4.99. The number of hydrogen-bond donors (Lipinski definition) is 1. The molecule has 102 valence electrons. The molecule has 4 rings (SSSR count). The van der Waals surface area contributed by atoms with Crippen LogP contribution in [0, 0.1) is 0 Å². The normalized spacial score (nSPS) is 16.8. The van der Waals surface area contributed by atoms with E-state index in [0.717, 1.165) is 5.56 Å². The molecule has 1 aliphatic rings. The molecule has 2 heterocycles. The minimum Gasteiger partial charge on any atom is -0.450 e. The number of fused-ring (bicyclic) bond motifs is 2. The van der Waals surface area contributed by atoms with Gasteiger partial charge in [0.05, 0.1) is 17.0 Å². The molecular weight excluding hydrogens is 266 g/mol. The Balaban J connectivity index is 2.03. The standard InChI is InChI=1S/C17H11NO3/c19-15-11-8-4-5-9-12(11)21-16-13(15)14(18-17(16)20)10-6-2-1-3-7-10/h1-9,14H,(H,18,20). The number of benzene rings is 2. The zero-order valence-corrected chi connectivity index (χ0v) is 11.0. The molecule has 0 fully saturated rings. The summed E-state index contributed by atoms with van der Waals surface area (Å²) in [4.78, 5) is 24.8. The van der Waals surface area contributed by atoms with Gasteiger partial charge < -0.3 is 9.73 Å². The molecule has 1 amide bonds. The van der Waals surface area contributed by atoms with Crippen LogP contribution in [0.3, 0.4) is 0 Å². The summed E-state index contributed by atoms with van der Waals surface area (Å²) in [5, 5.41) is 3.31. The molecule has 0 saturated heterocycles. The largest absolute Gasteiger partial charge is 0.450 e. The molecule has 4 heteroatoms. The van der Waals surface area contributed by atoms with Gasteiger partial charge in [0, 0.05) is 0 Å². The molecule has 0 radical (unpaired) electrons. The lowest BCUT2D eigenvalue weighted by Gasteiger charge is -2.10. The van der Waals surface area contributed by atoms with Crippen molar-refractivity contribution in [2.45, 2.75) is 6.04 Å². The van der Waals surface area contributed by atoms with Gasteiger partial charge >= 0.3 is 0 Å². The van der Waals surface area contributed by atoms with Crippen LogP contribution in [0.15, 0.2) is 63.8 Å². The first kappa shape index (κ1) is 11.9. The predicted molar refractivity (Wildman–Crippen MR) is 78.2 cm³/mol. The summed E-state index contributed by atoms with van der Waals surface area (Å²) in [5.74, 6) is -0.228. The Labute approximate surface area is 120 Å². The first-order valence-electron chi connectivity index (χ1n) is 6.67. The van der Waals surface area contributed by atoms with Crippen LogP contribution in [-0.4, -0.2) is 5.91 Å². The van der Waals surface area contributed by atoms with Crippen LogP contribution < -0.4 is 10.7 Å². The molecule has 3 aromatic rings. The van der Waals surface area contributed by atoms with E-state index < -0.39 is 6.04 Å². The van der Waals surface area contributed by atoms with Crippen LogP contribution in [-0.2, 0) is 0 Å². The Bertz CT molecular complexity index is 912. The molecule has 0 spiro atoms. The van der Waals surface area contributed by atoms with Gasteiger partial charge in [0.25, 0.3) is 5.91 Å². The van der Waals surface area contributed by atoms with Crippen LogP contribution >= 0.6 is 0 Å². The molecular formula is C17H11NO3. The molecule has 2 aromatic carbocycles. The lowest BCUT2D eigenvalue weighted by Crippen LogP contribution is -2.21. The second kappa shape index (κ2) is 4.31. The molecule has 0 saturated carbocycles. The first-order valence-corrected chi connectivity index (χ1v) is 6.67. The number of para-hydroxylation sites is 1. The highest BCUT2D eigenvalue weighted by atomic mass is 16.3. The van der Waals surface area contributed by atoms with Gasteiger partial charge in [0.1, 0.15) is 5.58 Å². The van der Waals surface area contributed by atoms with Gasteiger partial charge in [-0.1, -0.05) is 42.5 Å². The van der Waals surface area contributed by atoms with E-state index in [1.165, 1.54) is 0 Å². The molecule has 1 atom stereocenters. The summed E-state index contributed by atoms with van der Waals surface area (Å²) in [6.45, 7) is 0. The SMILES string of the molecule is O=C1NC(c2ccccc2)c2c1oc1ccccc1c2=O. The number of rotatable bonds is 1. The van der Waals surface area contributed by atoms with Gasteiger partial charge in [0.2, 0.25) is 5.76 Å². The Kier molecular flexibility index (Phi) is 2.44. The monoisotopic (exact) mass is 277 g/mol. The van der Waals surface area contributed by atoms with Gasteiger partial charge in [0.15, 0.2) is 5.43 Å². The fraction of sp³-hybridized carbons (Fsp3) is 0.0588. The van der Waals surface area contributed by atoms with E-state index in [1.54, 1.807) is 24.3 Å². The third-order valence-corrected chi connectivity index (χ3v) is 3.74. The van der Waals surface area contributed by atoms with E-state index in [0.29, 0.717) is 16.5 Å². The van der Waals surface area contributed by atoms with E-state index in [4.69, 9.17) is 4.42 Å². The van der Waals surface area contributed by atoms with Gasteiger partial charge in [-0.05, 0) is 17.7 Å². The van der Waals surface area contributed by atoms with Crippen molar-refractivity contribution in [3.8, 4) is 0 Å². The minimum atomic E-state index is -0.449. The maximum absolute atomic E-state index is 12.7. The Hall–Kier alpha value is -2.88. The zero-order chi connectivity index (χ0) is 14.4. The molecule has 1 unspecified atom stereocenters. The molecule has 21 heavy (non-hydrogen) atoms. The summed E-state index contributed by atoms with van der Waals surface area (Å²) in [6, 6.07) is 15.9. The predicted octanol–water partition coefficient (Wildman–Crippen LogP) is 2.63. The quantitative estimate of drug-likeness (QED) is 0.743. The highest BCUT2D eigenvalue weighted by Crippen LogP contribution is 2.30. The van der Waals surface area contributed by atoms with Crippen molar-refractivity contribution < 1.29 is 9.21 Å². The van der Waals surface area contributed by atoms with Gasteiger partial charge in [-0.25, -0.2) is 0 Å². The molecule has 0 bridgehead atoms. The molecule has 4 nitrogen and oxygen atoms in total. The van der Waals surface area contributed by atoms with Gasteiger partial charge in [-0.2, -0.15) is 0 Å². The first-order chi connectivity index (χ1) is 10.3. The van der Waals surface area contributed by atoms with Crippen molar-refractivity contribution >= 4 is 16.9 Å². The Morgan fingerprint density at radius 2 is 1.62 bits per heavy atom. The minimum absolute atomic E-state index is 0.118. The van der Waals surface area contributed by atoms with Crippen LogP contribution in [0.2, 0.25) is 0 Å². The fourth-order valence-corrected chi connectivity index (χ4v) is 2.75. The summed E-state index contributed by atoms with van der Waals surface area (Å²) in [6.07, 6.45) is 0. The molecule has 0 aliphatic carbocycles. The van der Waals surface area contributed by atoms with Crippen LogP contribution in [0.1, 0.15) is 27.7 Å². The van der Waals surface area contributed by atoms with Crippen molar-refractivity contribution in [1.82, 2.24) is 5.32 Å². The van der Waals surface area contributed by atoms with E-state index >= 15 is 0 Å². The van der Waals surface area contributed by atoms with E-state index in [-0.39, 0.29) is 17.1 Å². The van der Waals surface area contributed by atoms with Crippen molar-refractivity contribution in [3.63, 3.8) is 0 Å². The van der Waals surface area contributed by atoms with Crippen molar-refractivity contribution in [2.24, 2.45) is 0 Å². The van der Waals surface area contributed by atoms with Gasteiger partial charge in [-0.3, -0.25) is 9.59 Å². The van der Waals surface area contributed by atoms with E-state index in [9.17, 15) is 9.59 Å². The average Bonchev–Trinajstić information content (AvgIpc) is 2.86. The number of nitrogens with one attached hydrogen (secondary N) is 1. The number of carbonyl (C=O) groups excluding carboxylic acids is 1. The van der Waals surface area contributed by atoms with E-state index in [1.807, 2.05) is 30.3 Å². The lowest BCUT2D eigenvalue weighted by atomic mass is 9.99. The smallest absolute Gasteiger partial charge is 0.288 e. The summed E-state index contributed by atoms with van der Waals surface area (Å²) in [7, 11) is 0. The van der Waals surface area contributed by atoms with Gasteiger partial charge in [-0.15, -0.1) is 0 Å². The number of hydrogen-bond acceptors (Lipinski definition) is 3. The van der Waals surface area contributed by atoms with Crippen molar-refractivity contribution in [2.75, 3.05) is 0 Å². The van der Waals surface area contributed by atoms with Crippen molar-refractivity contribution in [1.29, 1.82) is 0 Å². The van der Waals surface area contributed by atoms with Crippen molar-refractivity contribution in [3.05, 3.63) is 81.7 Å². The summed E-state index contributed by atoms with van der Waals surface area (Å²) < 4.78 is 5.64. The van der Waals surface area contributed by atoms with Crippen LogP contribution in [0.25, 0.3) is 11.0 Å². The highest BCUT2D eigenvalue weighted by molar-refractivity contribution is 5.98. The topological polar surface area (TPSA) is 59.3 Å². The highest BCUT2D eigenvalue weighted by Gasteiger charge is 2.35. The third kappa shape index (κ3) is 1.69. The average molecular weight is 277 g/mol. The Morgan fingerprint density at radius 3 is 2.43 bits per heavy atom. The molecule has 1 aliphatic heterocycles. The Morgan fingerprint density at radius 1 is 0.905 bits per heavy atom. The fourth-order valence-electron chi connectivity index (χ4n) is 2.75. The third-order valence-electron chi connectivity index (χ3n) is 3.74.